The summed E-state index contributed by atoms with van der Waals surface area (Å²) in [5, 5.41) is 1.41. The second-order valence-electron chi connectivity index (χ2n) is 3.96. The molecule has 0 bridgehead atoms. The van der Waals surface area contributed by atoms with E-state index >= 15 is 0 Å². The van der Waals surface area contributed by atoms with E-state index in [4.69, 9.17) is 34.8 Å². The first-order valence-electron chi connectivity index (χ1n) is 5.41. The van der Waals surface area contributed by atoms with Crippen LogP contribution in [-0.4, -0.2) is 19.5 Å². The zero-order valence-electron chi connectivity index (χ0n) is 9.52. The Balaban J connectivity index is 2.01. The minimum atomic E-state index is 0.183. The zero-order chi connectivity index (χ0) is 13.4. The standard InChI is InChI=1S/C12H7Cl3N4/c13-8-2-1-7(9(14)3-8)5-19-6-17-11-10(19)4-16-12(15)18-11/h1-4,6H,5H2. The van der Waals surface area contributed by atoms with Gasteiger partial charge in [-0.05, 0) is 29.3 Å². The van der Waals surface area contributed by atoms with Gasteiger partial charge in [-0.15, -0.1) is 0 Å². The molecule has 0 saturated carbocycles. The average molecular weight is 314 g/mol. The van der Waals surface area contributed by atoms with Gasteiger partial charge in [0.05, 0.1) is 19.1 Å². The van der Waals surface area contributed by atoms with Crippen LogP contribution in [0.25, 0.3) is 11.2 Å². The largest absolute Gasteiger partial charge is 0.323 e. The zero-order valence-corrected chi connectivity index (χ0v) is 11.8. The quantitative estimate of drug-likeness (QED) is 0.675. The summed E-state index contributed by atoms with van der Waals surface area (Å²) in [6.07, 6.45) is 3.32. The second kappa shape index (κ2) is 4.96. The van der Waals surface area contributed by atoms with E-state index in [2.05, 4.69) is 15.0 Å². The third-order valence-electron chi connectivity index (χ3n) is 2.71. The Morgan fingerprint density at radius 2 is 1.95 bits per heavy atom. The van der Waals surface area contributed by atoms with Crippen molar-refractivity contribution in [3.63, 3.8) is 0 Å². The Labute approximate surface area is 124 Å². The minimum Gasteiger partial charge on any atom is -0.323 e. The van der Waals surface area contributed by atoms with Crippen LogP contribution >= 0.6 is 34.8 Å². The van der Waals surface area contributed by atoms with Crippen LogP contribution in [0.5, 0.6) is 0 Å². The Morgan fingerprint density at radius 1 is 1.11 bits per heavy atom. The second-order valence-corrected chi connectivity index (χ2v) is 5.14. The number of rotatable bonds is 2. The number of hydrogen-bond acceptors (Lipinski definition) is 3. The average Bonchev–Trinajstić information content (AvgIpc) is 2.75. The molecule has 4 nitrogen and oxygen atoms in total. The molecule has 2 aromatic heterocycles. The minimum absolute atomic E-state index is 0.183. The van der Waals surface area contributed by atoms with Crippen LogP contribution in [0, 0.1) is 0 Å². The summed E-state index contributed by atoms with van der Waals surface area (Å²) in [6, 6.07) is 5.40. The van der Waals surface area contributed by atoms with Crippen molar-refractivity contribution >= 4 is 46.0 Å². The summed E-state index contributed by atoms with van der Waals surface area (Å²) in [4.78, 5) is 12.2. The van der Waals surface area contributed by atoms with Gasteiger partial charge in [-0.25, -0.2) is 9.97 Å². The Bertz CT molecular complexity index is 754. The molecule has 19 heavy (non-hydrogen) atoms. The van der Waals surface area contributed by atoms with Gasteiger partial charge in [-0.1, -0.05) is 29.3 Å². The molecule has 3 aromatic rings. The van der Waals surface area contributed by atoms with E-state index in [1.54, 1.807) is 24.7 Å². The van der Waals surface area contributed by atoms with Crippen LogP contribution in [-0.2, 0) is 6.54 Å². The first-order chi connectivity index (χ1) is 9.13. The predicted molar refractivity (Wildman–Crippen MR) is 75.9 cm³/mol. The molecule has 2 heterocycles. The first-order valence-corrected chi connectivity index (χ1v) is 6.54. The number of aromatic nitrogens is 4. The smallest absolute Gasteiger partial charge is 0.224 e. The topological polar surface area (TPSA) is 43.6 Å². The van der Waals surface area contributed by atoms with Crippen molar-refractivity contribution in [2.45, 2.75) is 6.54 Å². The highest BCUT2D eigenvalue weighted by Gasteiger charge is 2.08. The van der Waals surface area contributed by atoms with Crippen LogP contribution in [0.15, 0.2) is 30.7 Å². The van der Waals surface area contributed by atoms with Gasteiger partial charge in [-0.2, -0.15) is 4.98 Å². The predicted octanol–water partition coefficient (Wildman–Crippen LogP) is 3.83. The highest BCUT2D eigenvalue weighted by molar-refractivity contribution is 6.35. The molecule has 0 fully saturated rings. The van der Waals surface area contributed by atoms with E-state index in [1.807, 2.05) is 10.6 Å². The number of hydrogen-bond donors (Lipinski definition) is 0. The molecular weight excluding hydrogens is 307 g/mol. The van der Waals surface area contributed by atoms with Gasteiger partial charge in [0.1, 0.15) is 5.52 Å². The van der Waals surface area contributed by atoms with Crippen molar-refractivity contribution in [1.29, 1.82) is 0 Å². The molecule has 0 aliphatic carbocycles. The van der Waals surface area contributed by atoms with Crippen LogP contribution in [0.3, 0.4) is 0 Å². The van der Waals surface area contributed by atoms with Gasteiger partial charge in [0, 0.05) is 10.0 Å². The lowest BCUT2D eigenvalue weighted by atomic mass is 10.2. The molecule has 7 heteroatoms. The molecule has 0 aliphatic heterocycles. The number of fused-ring (bicyclic) bond motifs is 1. The number of halogens is 3. The molecule has 1 aromatic carbocycles. The molecule has 0 N–H and O–H groups in total. The molecular formula is C12H7Cl3N4. The SMILES string of the molecule is Clc1ccc(Cn2cnc3nc(Cl)ncc32)c(Cl)c1. The van der Waals surface area contributed by atoms with Crippen molar-refractivity contribution in [3.8, 4) is 0 Å². The Kier molecular flexibility index (Phi) is 3.31. The van der Waals surface area contributed by atoms with Gasteiger partial charge in [-0.3, -0.25) is 0 Å². The molecule has 0 saturated heterocycles. The highest BCUT2D eigenvalue weighted by Crippen LogP contribution is 2.23. The molecule has 0 aliphatic rings. The first kappa shape index (κ1) is 12.7. The van der Waals surface area contributed by atoms with Gasteiger partial charge < -0.3 is 4.57 Å². The molecule has 0 unspecified atom stereocenters. The van der Waals surface area contributed by atoms with E-state index in [9.17, 15) is 0 Å². The summed E-state index contributed by atoms with van der Waals surface area (Å²) in [6.45, 7) is 0.567. The molecule has 0 radical (unpaired) electrons. The monoisotopic (exact) mass is 312 g/mol. The van der Waals surface area contributed by atoms with Gasteiger partial charge in [0.2, 0.25) is 5.28 Å². The van der Waals surface area contributed by atoms with Crippen LogP contribution in [0.4, 0.5) is 0 Å². The van der Waals surface area contributed by atoms with E-state index in [1.165, 1.54) is 0 Å². The lowest BCUT2D eigenvalue weighted by Crippen LogP contribution is -1.99. The number of imidazole rings is 1. The summed E-state index contributed by atoms with van der Waals surface area (Å²) in [5.74, 6) is 0. The van der Waals surface area contributed by atoms with Gasteiger partial charge in [0.25, 0.3) is 0 Å². The third-order valence-corrected chi connectivity index (χ3v) is 3.47. The summed E-state index contributed by atoms with van der Waals surface area (Å²) < 4.78 is 1.90. The van der Waals surface area contributed by atoms with Crippen LogP contribution in [0.1, 0.15) is 5.56 Å². The molecule has 0 spiro atoms. The Hall–Kier alpha value is -1.36. The molecule has 0 atom stereocenters. The number of benzene rings is 1. The molecule has 0 amide bonds. The fourth-order valence-electron chi connectivity index (χ4n) is 1.79. The maximum atomic E-state index is 6.15. The molecule has 3 rings (SSSR count). The maximum Gasteiger partial charge on any atom is 0.224 e. The van der Waals surface area contributed by atoms with Gasteiger partial charge in [0.15, 0.2) is 5.65 Å². The maximum absolute atomic E-state index is 6.15. The van der Waals surface area contributed by atoms with Crippen molar-refractivity contribution in [3.05, 3.63) is 51.6 Å². The van der Waals surface area contributed by atoms with Gasteiger partial charge >= 0.3 is 0 Å². The normalized spacial score (nSPS) is 11.1. The lowest BCUT2D eigenvalue weighted by Gasteiger charge is -2.06. The third kappa shape index (κ3) is 2.52. The fraction of sp³-hybridized carbons (Fsp3) is 0.0833. The van der Waals surface area contributed by atoms with Crippen LogP contribution < -0.4 is 0 Å². The van der Waals surface area contributed by atoms with Crippen molar-refractivity contribution in [2.24, 2.45) is 0 Å². The van der Waals surface area contributed by atoms with E-state index < -0.39 is 0 Å². The summed E-state index contributed by atoms with van der Waals surface area (Å²) >= 11 is 17.7. The fourth-order valence-corrected chi connectivity index (χ4v) is 2.39. The lowest BCUT2D eigenvalue weighted by molar-refractivity contribution is 0.823. The van der Waals surface area contributed by atoms with E-state index in [-0.39, 0.29) is 5.28 Å². The molecule has 96 valence electrons. The van der Waals surface area contributed by atoms with Crippen molar-refractivity contribution in [1.82, 2.24) is 19.5 Å². The van der Waals surface area contributed by atoms with E-state index in [0.29, 0.717) is 22.2 Å². The van der Waals surface area contributed by atoms with E-state index in [0.717, 1.165) is 11.1 Å². The summed E-state index contributed by atoms with van der Waals surface area (Å²) in [5.41, 5.74) is 2.31. The van der Waals surface area contributed by atoms with Crippen molar-refractivity contribution < 1.29 is 0 Å². The summed E-state index contributed by atoms with van der Waals surface area (Å²) in [7, 11) is 0. The van der Waals surface area contributed by atoms with Crippen LogP contribution in [0.2, 0.25) is 15.3 Å². The highest BCUT2D eigenvalue weighted by atomic mass is 35.5. The van der Waals surface area contributed by atoms with Crippen molar-refractivity contribution in [2.75, 3.05) is 0 Å². The number of nitrogens with zero attached hydrogens (tertiary/aromatic N) is 4. The Morgan fingerprint density at radius 3 is 2.74 bits per heavy atom.